The SMILES string of the molecule is C[C@](O)(CS(=O)(=O)c1ccc(F)cc1)C(=O)Nc1ccc(C#N)c(C(F)(F)F)n1. The molecule has 1 atom stereocenters. The summed E-state index contributed by atoms with van der Waals surface area (Å²) in [4.78, 5) is 15.0. The smallest absolute Gasteiger partial charge is 0.379 e. The maximum Gasteiger partial charge on any atom is 0.434 e. The summed E-state index contributed by atoms with van der Waals surface area (Å²) in [5.74, 6) is -3.80. The van der Waals surface area contributed by atoms with E-state index in [2.05, 4.69) is 4.98 Å². The molecular weight excluding hydrogens is 418 g/mol. The number of halogens is 4. The number of benzene rings is 1. The highest BCUT2D eigenvalue weighted by atomic mass is 32.2. The second kappa shape index (κ2) is 7.76. The second-order valence-electron chi connectivity index (χ2n) is 6.14. The molecule has 0 aliphatic heterocycles. The van der Waals surface area contributed by atoms with Gasteiger partial charge in [0.15, 0.2) is 21.1 Å². The van der Waals surface area contributed by atoms with E-state index in [1.807, 2.05) is 5.32 Å². The third kappa shape index (κ3) is 5.27. The number of hydrogen-bond acceptors (Lipinski definition) is 6. The normalized spacial score (nSPS) is 14.0. The number of alkyl halides is 3. The molecule has 0 radical (unpaired) electrons. The van der Waals surface area contributed by atoms with Crippen molar-refractivity contribution in [3.8, 4) is 6.07 Å². The number of pyridine rings is 1. The number of hydrogen-bond donors (Lipinski definition) is 2. The van der Waals surface area contributed by atoms with Crippen LogP contribution < -0.4 is 5.32 Å². The lowest BCUT2D eigenvalue weighted by atomic mass is 10.1. The van der Waals surface area contributed by atoms with E-state index in [-0.39, 0.29) is 4.90 Å². The average Bonchev–Trinajstić information content (AvgIpc) is 2.60. The standard InChI is InChI=1S/C17H13F4N3O4S/c1-16(26,9-29(27,28)12-5-3-11(18)4-6-12)15(25)24-13-7-2-10(8-22)14(23-13)17(19,20)21/h2-7,26H,9H2,1H3,(H,23,24,25)/t16-/m0/s1. The highest BCUT2D eigenvalue weighted by Crippen LogP contribution is 2.31. The van der Waals surface area contributed by atoms with Crippen LogP contribution in [0.1, 0.15) is 18.2 Å². The maximum absolute atomic E-state index is 12.9. The summed E-state index contributed by atoms with van der Waals surface area (Å²) in [6.07, 6.45) is -4.97. The number of nitriles is 1. The largest absolute Gasteiger partial charge is 0.434 e. The summed E-state index contributed by atoms with van der Waals surface area (Å²) in [6.45, 7) is 0.845. The molecule has 29 heavy (non-hydrogen) atoms. The predicted octanol–water partition coefficient (Wildman–Crippen LogP) is 2.27. The van der Waals surface area contributed by atoms with Gasteiger partial charge in [0.05, 0.1) is 16.2 Å². The van der Waals surface area contributed by atoms with Crippen molar-refractivity contribution < 1.29 is 35.9 Å². The van der Waals surface area contributed by atoms with E-state index < -0.39 is 56.2 Å². The quantitative estimate of drug-likeness (QED) is 0.554. The fourth-order valence-corrected chi connectivity index (χ4v) is 3.84. The summed E-state index contributed by atoms with van der Waals surface area (Å²) in [5.41, 5.74) is -4.88. The van der Waals surface area contributed by atoms with E-state index in [0.717, 1.165) is 43.3 Å². The Morgan fingerprint density at radius 3 is 2.31 bits per heavy atom. The minimum absolute atomic E-state index is 0.358. The second-order valence-corrected chi connectivity index (χ2v) is 8.13. The Labute approximate surface area is 162 Å². The lowest BCUT2D eigenvalue weighted by molar-refractivity contribution is -0.141. The van der Waals surface area contributed by atoms with Gasteiger partial charge in [0, 0.05) is 0 Å². The Hall–Kier alpha value is -3.04. The number of nitrogens with zero attached hydrogens (tertiary/aromatic N) is 2. The first-order valence-corrected chi connectivity index (χ1v) is 9.42. The van der Waals surface area contributed by atoms with E-state index >= 15 is 0 Å². The molecule has 12 heteroatoms. The van der Waals surface area contributed by atoms with Gasteiger partial charge in [-0.3, -0.25) is 4.79 Å². The molecule has 0 spiro atoms. The summed E-state index contributed by atoms with van der Waals surface area (Å²) in [5, 5.41) is 20.9. The van der Waals surface area contributed by atoms with Crippen molar-refractivity contribution in [1.29, 1.82) is 5.26 Å². The van der Waals surface area contributed by atoms with E-state index in [0.29, 0.717) is 0 Å². The number of aromatic nitrogens is 1. The van der Waals surface area contributed by atoms with Crippen LogP contribution in [0.15, 0.2) is 41.3 Å². The van der Waals surface area contributed by atoms with Gasteiger partial charge in [-0.15, -0.1) is 0 Å². The lowest BCUT2D eigenvalue weighted by Gasteiger charge is -2.22. The number of carbonyl (C=O) groups excluding carboxylic acids is 1. The Balaban J connectivity index is 2.25. The van der Waals surface area contributed by atoms with Gasteiger partial charge in [-0.25, -0.2) is 17.8 Å². The van der Waals surface area contributed by atoms with Gasteiger partial charge in [0.25, 0.3) is 5.91 Å². The van der Waals surface area contributed by atoms with E-state index in [4.69, 9.17) is 5.26 Å². The molecule has 2 aromatic rings. The van der Waals surface area contributed by atoms with Crippen LogP contribution >= 0.6 is 0 Å². The van der Waals surface area contributed by atoms with Crippen molar-refractivity contribution in [2.45, 2.75) is 23.6 Å². The molecule has 1 amide bonds. The van der Waals surface area contributed by atoms with Gasteiger partial charge in [0.2, 0.25) is 0 Å². The number of nitrogens with one attached hydrogen (secondary N) is 1. The number of sulfone groups is 1. The summed E-state index contributed by atoms with van der Waals surface area (Å²) >= 11 is 0. The fourth-order valence-electron chi connectivity index (χ4n) is 2.25. The van der Waals surface area contributed by atoms with Crippen molar-refractivity contribution in [2.24, 2.45) is 0 Å². The number of rotatable bonds is 5. The molecule has 0 fully saturated rings. The van der Waals surface area contributed by atoms with Crippen LogP contribution in [0.25, 0.3) is 0 Å². The van der Waals surface area contributed by atoms with Crippen LogP contribution in [-0.2, 0) is 20.8 Å². The minimum Gasteiger partial charge on any atom is -0.379 e. The minimum atomic E-state index is -4.97. The van der Waals surface area contributed by atoms with Gasteiger partial charge < -0.3 is 10.4 Å². The molecule has 0 bridgehead atoms. The Bertz CT molecular complexity index is 1080. The zero-order chi connectivity index (χ0) is 22.0. The van der Waals surface area contributed by atoms with Crippen molar-refractivity contribution in [1.82, 2.24) is 4.98 Å². The Morgan fingerprint density at radius 1 is 1.21 bits per heavy atom. The zero-order valence-electron chi connectivity index (χ0n) is 14.7. The average molecular weight is 431 g/mol. The van der Waals surface area contributed by atoms with E-state index in [1.54, 1.807) is 0 Å². The van der Waals surface area contributed by atoms with Crippen molar-refractivity contribution in [3.05, 3.63) is 53.5 Å². The third-order valence-electron chi connectivity index (χ3n) is 3.66. The molecule has 1 heterocycles. The van der Waals surface area contributed by atoms with Crippen LogP contribution in [-0.4, -0.2) is 35.8 Å². The number of aliphatic hydroxyl groups is 1. The van der Waals surface area contributed by atoms with Crippen LogP contribution in [0.5, 0.6) is 0 Å². The molecule has 2 rings (SSSR count). The van der Waals surface area contributed by atoms with Gasteiger partial charge in [-0.1, -0.05) is 0 Å². The molecule has 1 aromatic heterocycles. The Morgan fingerprint density at radius 2 is 1.79 bits per heavy atom. The molecule has 154 valence electrons. The topological polar surface area (TPSA) is 120 Å². The maximum atomic E-state index is 12.9. The van der Waals surface area contributed by atoms with Gasteiger partial charge in [0.1, 0.15) is 17.7 Å². The molecule has 0 saturated heterocycles. The lowest BCUT2D eigenvalue weighted by Crippen LogP contribution is -2.46. The fraction of sp³-hybridized carbons (Fsp3) is 0.235. The van der Waals surface area contributed by atoms with Gasteiger partial charge in [-0.2, -0.15) is 18.4 Å². The van der Waals surface area contributed by atoms with Crippen LogP contribution in [0.4, 0.5) is 23.4 Å². The third-order valence-corrected chi connectivity index (χ3v) is 5.59. The molecule has 0 unspecified atom stereocenters. The summed E-state index contributed by atoms with van der Waals surface area (Å²) in [7, 11) is -4.24. The molecule has 7 nitrogen and oxygen atoms in total. The zero-order valence-corrected chi connectivity index (χ0v) is 15.5. The molecular formula is C17H13F4N3O4S. The van der Waals surface area contributed by atoms with Crippen molar-refractivity contribution >= 4 is 21.6 Å². The first kappa shape index (κ1) is 22.3. The van der Waals surface area contributed by atoms with E-state index in [9.17, 15) is 35.9 Å². The summed E-state index contributed by atoms with van der Waals surface area (Å²) < 4.78 is 76.4. The first-order valence-electron chi connectivity index (χ1n) is 7.77. The van der Waals surface area contributed by atoms with Gasteiger partial charge >= 0.3 is 6.18 Å². The van der Waals surface area contributed by atoms with Crippen molar-refractivity contribution in [2.75, 3.05) is 11.1 Å². The van der Waals surface area contributed by atoms with Crippen LogP contribution in [0.3, 0.4) is 0 Å². The number of carbonyl (C=O) groups is 1. The number of anilines is 1. The van der Waals surface area contributed by atoms with Gasteiger partial charge in [-0.05, 0) is 43.3 Å². The molecule has 0 saturated carbocycles. The summed E-state index contributed by atoms with van der Waals surface area (Å²) in [6, 6.07) is 6.62. The van der Waals surface area contributed by atoms with E-state index in [1.165, 1.54) is 6.07 Å². The molecule has 2 N–H and O–H groups in total. The molecule has 0 aliphatic carbocycles. The van der Waals surface area contributed by atoms with Crippen LogP contribution in [0, 0.1) is 17.1 Å². The van der Waals surface area contributed by atoms with Crippen molar-refractivity contribution in [3.63, 3.8) is 0 Å². The monoisotopic (exact) mass is 431 g/mol. The first-order chi connectivity index (χ1) is 13.3. The molecule has 1 aromatic carbocycles. The number of amides is 1. The highest BCUT2D eigenvalue weighted by Gasteiger charge is 2.39. The Kier molecular flexibility index (Phi) is 5.96. The van der Waals surface area contributed by atoms with Crippen LogP contribution in [0.2, 0.25) is 0 Å². The molecule has 0 aliphatic rings. The highest BCUT2D eigenvalue weighted by molar-refractivity contribution is 7.91. The predicted molar refractivity (Wildman–Crippen MR) is 91.7 cm³/mol.